The zero-order chi connectivity index (χ0) is 26.9. The Morgan fingerprint density at radius 1 is 0.946 bits per heavy atom. The van der Waals surface area contributed by atoms with E-state index in [-0.39, 0.29) is 22.4 Å². The van der Waals surface area contributed by atoms with Crippen LogP contribution in [0.4, 0.5) is 5.69 Å². The number of anilines is 1. The summed E-state index contributed by atoms with van der Waals surface area (Å²) in [7, 11) is 1.49. The van der Waals surface area contributed by atoms with E-state index in [1.54, 1.807) is 36.4 Å². The Kier molecular flexibility index (Phi) is 10.0. The van der Waals surface area contributed by atoms with Crippen LogP contribution in [-0.4, -0.2) is 38.4 Å². The highest BCUT2D eigenvalue weighted by Gasteiger charge is 2.13. The number of aryl methyl sites for hydroxylation is 1. The molecule has 0 atom stereocenters. The average Bonchev–Trinajstić information content (AvgIpc) is 2.86. The highest BCUT2D eigenvalue weighted by Crippen LogP contribution is 2.34. The van der Waals surface area contributed by atoms with Crippen LogP contribution in [-0.2, 0) is 4.79 Å². The molecule has 0 bridgehead atoms. The molecule has 0 aliphatic rings. The first-order valence-corrected chi connectivity index (χ1v) is 12.2. The Morgan fingerprint density at radius 2 is 1.68 bits per heavy atom. The summed E-state index contributed by atoms with van der Waals surface area (Å²) in [5, 5.41) is 7.51. The molecule has 0 aromatic heterocycles. The van der Waals surface area contributed by atoms with Crippen LogP contribution in [0, 0.1) is 6.92 Å². The number of methoxy groups -OCH3 is 1. The monoisotopic (exact) mass is 563 g/mol. The number of nitrogens with one attached hydrogen (secondary N) is 2. The molecule has 0 aliphatic carbocycles. The van der Waals surface area contributed by atoms with E-state index in [0.29, 0.717) is 39.9 Å². The quantitative estimate of drug-likeness (QED) is 0.228. The Morgan fingerprint density at radius 3 is 2.32 bits per heavy atom. The van der Waals surface area contributed by atoms with E-state index in [1.165, 1.54) is 25.5 Å². The lowest BCUT2D eigenvalue weighted by Gasteiger charge is -2.11. The summed E-state index contributed by atoms with van der Waals surface area (Å²) in [6.45, 7) is 3.87. The first kappa shape index (κ1) is 28.1. The summed E-state index contributed by atoms with van der Waals surface area (Å²) < 4.78 is 16.2. The summed E-state index contributed by atoms with van der Waals surface area (Å²) in [6.07, 6.45) is 1.37. The molecule has 0 saturated heterocycles. The van der Waals surface area contributed by atoms with Gasteiger partial charge >= 0.3 is 0 Å². The zero-order valence-corrected chi connectivity index (χ0v) is 22.5. The van der Waals surface area contributed by atoms with Crippen molar-refractivity contribution in [1.29, 1.82) is 0 Å². The first-order chi connectivity index (χ1) is 17.7. The summed E-state index contributed by atoms with van der Waals surface area (Å²) in [5.74, 6) is 0.252. The van der Waals surface area contributed by atoms with Crippen molar-refractivity contribution in [2.45, 2.75) is 13.8 Å². The van der Waals surface area contributed by atoms with Gasteiger partial charge in [-0.15, -0.1) is 0 Å². The number of rotatable bonds is 10. The van der Waals surface area contributed by atoms with Gasteiger partial charge < -0.3 is 19.5 Å². The molecular weight excluding hydrogens is 541 g/mol. The molecule has 2 N–H and O–H groups in total. The van der Waals surface area contributed by atoms with Gasteiger partial charge in [0.05, 0.1) is 30.0 Å². The van der Waals surface area contributed by atoms with E-state index in [2.05, 4.69) is 15.8 Å². The largest absolute Gasteiger partial charge is 0.493 e. The van der Waals surface area contributed by atoms with E-state index in [0.717, 1.165) is 5.56 Å². The third-order valence-electron chi connectivity index (χ3n) is 4.93. The van der Waals surface area contributed by atoms with Gasteiger partial charge in [-0.2, -0.15) is 5.10 Å². The predicted molar refractivity (Wildman–Crippen MR) is 146 cm³/mol. The van der Waals surface area contributed by atoms with Crippen LogP contribution in [0.2, 0.25) is 15.1 Å². The number of hydrogen-bond donors (Lipinski definition) is 2. The molecule has 0 unspecified atom stereocenters. The van der Waals surface area contributed by atoms with Gasteiger partial charge in [0.15, 0.2) is 23.9 Å². The summed E-state index contributed by atoms with van der Waals surface area (Å²) in [4.78, 5) is 24.7. The minimum Gasteiger partial charge on any atom is -0.493 e. The Labute approximate surface area is 229 Å². The highest BCUT2D eigenvalue weighted by atomic mass is 35.5. The molecule has 37 heavy (non-hydrogen) atoms. The van der Waals surface area contributed by atoms with Crippen LogP contribution < -0.4 is 25.0 Å². The summed E-state index contributed by atoms with van der Waals surface area (Å²) in [5.41, 5.74) is 4.71. The van der Waals surface area contributed by atoms with E-state index in [1.807, 2.05) is 13.8 Å². The van der Waals surface area contributed by atoms with Gasteiger partial charge in [0.1, 0.15) is 0 Å². The molecule has 194 valence electrons. The molecule has 0 spiro atoms. The number of carbonyl (C=O) groups excluding carboxylic acids is 2. The number of nitrogens with zero attached hydrogens (tertiary/aromatic N) is 1. The fourth-order valence-electron chi connectivity index (χ4n) is 3.11. The SMILES string of the molecule is CCOc1ccc(C(=O)N/N=C/c2cc(Cl)c(OCC(=O)Nc3ccc(C)c(Cl)c3)c(Cl)c2)cc1OC. The smallest absolute Gasteiger partial charge is 0.271 e. The maximum atomic E-state index is 12.4. The van der Waals surface area contributed by atoms with Crippen molar-refractivity contribution < 1.29 is 23.8 Å². The lowest BCUT2D eigenvalue weighted by atomic mass is 10.2. The maximum absolute atomic E-state index is 12.4. The van der Waals surface area contributed by atoms with E-state index in [4.69, 9.17) is 49.0 Å². The molecule has 0 radical (unpaired) electrons. The van der Waals surface area contributed by atoms with Crippen molar-refractivity contribution in [3.05, 3.63) is 80.3 Å². The van der Waals surface area contributed by atoms with E-state index >= 15 is 0 Å². The molecule has 0 fully saturated rings. The van der Waals surface area contributed by atoms with Gasteiger partial charge in [-0.05, 0) is 67.4 Å². The third-order valence-corrected chi connectivity index (χ3v) is 5.90. The summed E-state index contributed by atoms with van der Waals surface area (Å²) in [6, 6.07) is 13.1. The molecule has 0 heterocycles. The van der Waals surface area contributed by atoms with Crippen molar-refractivity contribution in [3.63, 3.8) is 0 Å². The number of ether oxygens (including phenoxy) is 3. The van der Waals surface area contributed by atoms with E-state index < -0.39 is 11.8 Å². The minimum atomic E-state index is -0.448. The van der Waals surface area contributed by atoms with Crippen LogP contribution in [0.15, 0.2) is 53.6 Å². The maximum Gasteiger partial charge on any atom is 0.271 e. The lowest BCUT2D eigenvalue weighted by molar-refractivity contribution is -0.118. The van der Waals surface area contributed by atoms with Crippen molar-refractivity contribution in [2.75, 3.05) is 25.6 Å². The topological polar surface area (TPSA) is 98.3 Å². The van der Waals surface area contributed by atoms with Gasteiger partial charge in [-0.25, -0.2) is 5.43 Å². The van der Waals surface area contributed by atoms with Crippen LogP contribution >= 0.6 is 34.8 Å². The second kappa shape index (κ2) is 13.2. The highest BCUT2D eigenvalue weighted by molar-refractivity contribution is 6.37. The molecule has 0 saturated carbocycles. The number of benzene rings is 3. The molecule has 0 aliphatic heterocycles. The van der Waals surface area contributed by atoms with Crippen LogP contribution in [0.5, 0.6) is 17.2 Å². The van der Waals surface area contributed by atoms with Crippen molar-refractivity contribution in [3.8, 4) is 17.2 Å². The number of halogens is 3. The van der Waals surface area contributed by atoms with E-state index in [9.17, 15) is 9.59 Å². The molecular formula is C26H24Cl3N3O5. The van der Waals surface area contributed by atoms with Gasteiger partial charge in [-0.3, -0.25) is 9.59 Å². The van der Waals surface area contributed by atoms with Gasteiger partial charge in [0, 0.05) is 16.3 Å². The molecule has 2 amide bonds. The standard InChI is InChI=1S/C26H24Cl3N3O5/c1-4-36-22-8-6-17(11-23(22)35-3)26(34)32-30-13-16-9-20(28)25(21(29)10-16)37-14-24(33)31-18-7-5-15(2)19(27)12-18/h5-13H,4,14H2,1-3H3,(H,31,33)(H,32,34)/b30-13+. The number of hydrazone groups is 1. The minimum absolute atomic E-state index is 0.142. The zero-order valence-electron chi connectivity index (χ0n) is 20.2. The van der Waals surface area contributed by atoms with Crippen molar-refractivity contribution in [1.82, 2.24) is 5.43 Å². The van der Waals surface area contributed by atoms with Crippen LogP contribution in [0.3, 0.4) is 0 Å². The van der Waals surface area contributed by atoms with Gasteiger partial charge in [-0.1, -0.05) is 40.9 Å². The summed E-state index contributed by atoms with van der Waals surface area (Å²) >= 11 is 18.7. The molecule has 11 heteroatoms. The fourth-order valence-corrected chi connectivity index (χ4v) is 3.90. The molecule has 3 rings (SSSR count). The van der Waals surface area contributed by atoms with Crippen molar-refractivity contribution in [2.24, 2.45) is 5.10 Å². The third kappa shape index (κ3) is 7.76. The average molecular weight is 565 g/mol. The van der Waals surface area contributed by atoms with Crippen LogP contribution in [0.1, 0.15) is 28.4 Å². The van der Waals surface area contributed by atoms with Gasteiger partial charge in [0.2, 0.25) is 0 Å². The first-order valence-electron chi connectivity index (χ1n) is 11.0. The number of amides is 2. The number of carbonyl (C=O) groups is 2. The Hall–Kier alpha value is -3.46. The second-order valence-electron chi connectivity index (χ2n) is 7.61. The molecule has 8 nitrogen and oxygen atoms in total. The molecule has 3 aromatic carbocycles. The normalized spacial score (nSPS) is 10.8. The Balaban J connectivity index is 1.59. The molecule has 3 aromatic rings. The van der Waals surface area contributed by atoms with Gasteiger partial charge in [0.25, 0.3) is 11.8 Å². The fraction of sp³-hybridized carbons (Fsp3) is 0.192. The predicted octanol–water partition coefficient (Wildman–Crippen LogP) is 6.14. The van der Waals surface area contributed by atoms with Crippen molar-refractivity contribution >= 4 is 58.5 Å². The lowest BCUT2D eigenvalue weighted by Crippen LogP contribution is -2.20. The number of hydrogen-bond acceptors (Lipinski definition) is 6. The van der Waals surface area contributed by atoms with Crippen LogP contribution in [0.25, 0.3) is 0 Å². The second-order valence-corrected chi connectivity index (χ2v) is 8.83. The Bertz CT molecular complexity index is 1310.